The second-order valence-electron chi connectivity index (χ2n) is 7.27. The van der Waals surface area contributed by atoms with Gasteiger partial charge in [-0.2, -0.15) is 18.3 Å². The van der Waals surface area contributed by atoms with Crippen LogP contribution in [0.2, 0.25) is 0 Å². The van der Waals surface area contributed by atoms with E-state index in [4.69, 9.17) is 0 Å². The van der Waals surface area contributed by atoms with E-state index in [1.54, 1.807) is 0 Å². The molecule has 0 radical (unpaired) electrons. The number of hydrogen-bond acceptors (Lipinski definition) is 4. The van der Waals surface area contributed by atoms with Crippen molar-refractivity contribution in [3.05, 3.63) is 47.5 Å². The summed E-state index contributed by atoms with van der Waals surface area (Å²) in [5.74, 6) is -1.33. The van der Waals surface area contributed by atoms with Crippen molar-refractivity contribution in [3.63, 3.8) is 0 Å². The molecule has 0 saturated heterocycles. The van der Waals surface area contributed by atoms with Crippen LogP contribution in [0.1, 0.15) is 54.5 Å². The number of carbonyl (C=O) groups is 1. The summed E-state index contributed by atoms with van der Waals surface area (Å²) in [6.45, 7) is 0. The number of aromatic nitrogens is 4. The normalized spacial score (nSPS) is 20.0. The summed E-state index contributed by atoms with van der Waals surface area (Å²) in [4.78, 5) is 21.1. The van der Waals surface area contributed by atoms with Crippen molar-refractivity contribution in [2.75, 3.05) is 5.32 Å². The maximum absolute atomic E-state index is 13.2. The van der Waals surface area contributed by atoms with E-state index in [9.17, 15) is 18.0 Å². The van der Waals surface area contributed by atoms with Gasteiger partial charge in [0.1, 0.15) is 12.2 Å². The molecule has 3 heterocycles. The van der Waals surface area contributed by atoms with Crippen LogP contribution in [-0.4, -0.2) is 25.7 Å². The van der Waals surface area contributed by atoms with Crippen LogP contribution >= 0.6 is 0 Å². The summed E-state index contributed by atoms with van der Waals surface area (Å²) in [7, 11) is 0. The lowest BCUT2D eigenvalue weighted by molar-refractivity contribution is -0.137. The molecular weight excluding hydrogens is 371 g/mol. The van der Waals surface area contributed by atoms with E-state index in [-0.39, 0.29) is 11.6 Å². The Labute approximate surface area is 157 Å². The molecule has 6 nitrogen and oxygen atoms in total. The van der Waals surface area contributed by atoms with E-state index >= 15 is 0 Å². The van der Waals surface area contributed by atoms with E-state index in [0.29, 0.717) is 22.4 Å². The smallest absolute Gasteiger partial charge is 0.325 e. The number of nitrogens with one attached hydrogen (secondary N) is 1. The minimum absolute atomic E-state index is 0.272. The van der Waals surface area contributed by atoms with Crippen LogP contribution in [0.5, 0.6) is 0 Å². The van der Waals surface area contributed by atoms with Gasteiger partial charge in [-0.1, -0.05) is 12.8 Å². The van der Waals surface area contributed by atoms with Gasteiger partial charge in [0.15, 0.2) is 5.65 Å². The minimum atomic E-state index is -4.49. The topological polar surface area (TPSA) is 72.7 Å². The molecule has 1 unspecified atom stereocenters. The third-order valence-corrected chi connectivity index (χ3v) is 5.55. The quantitative estimate of drug-likeness (QED) is 0.720. The number of hydrogen-bond donors (Lipinski definition) is 1. The number of carbonyl (C=O) groups excluding carboxylic acids is 1. The first kappa shape index (κ1) is 17.2. The molecule has 1 aromatic carbocycles. The second kappa shape index (κ2) is 6.02. The van der Waals surface area contributed by atoms with Gasteiger partial charge in [0.05, 0.1) is 22.7 Å². The lowest BCUT2D eigenvalue weighted by Gasteiger charge is -2.12. The molecule has 144 valence electrons. The highest BCUT2D eigenvalue weighted by molar-refractivity contribution is 6.06. The first-order chi connectivity index (χ1) is 13.4. The summed E-state index contributed by atoms with van der Waals surface area (Å²) in [5.41, 5.74) is 0.682. The molecule has 1 saturated carbocycles. The molecule has 2 aliphatic rings. The molecule has 9 heteroatoms. The number of anilines is 1. The van der Waals surface area contributed by atoms with Crippen LogP contribution in [0, 0.1) is 0 Å². The highest BCUT2D eigenvalue weighted by Crippen LogP contribution is 2.42. The molecule has 1 aliphatic heterocycles. The number of rotatable bonds is 2. The van der Waals surface area contributed by atoms with Crippen LogP contribution in [-0.2, 0) is 11.0 Å². The fourth-order valence-corrected chi connectivity index (χ4v) is 4.17. The van der Waals surface area contributed by atoms with Gasteiger partial charge in [-0.3, -0.25) is 9.48 Å². The molecule has 0 spiro atoms. The van der Waals surface area contributed by atoms with Crippen molar-refractivity contribution < 1.29 is 18.0 Å². The van der Waals surface area contributed by atoms with E-state index < -0.39 is 23.6 Å². The molecule has 28 heavy (non-hydrogen) atoms. The lowest BCUT2D eigenvalue weighted by atomic mass is 9.94. The van der Waals surface area contributed by atoms with Crippen molar-refractivity contribution in [2.45, 2.75) is 43.8 Å². The Kier molecular flexibility index (Phi) is 3.68. The van der Waals surface area contributed by atoms with Crippen molar-refractivity contribution in [2.24, 2.45) is 0 Å². The number of benzene rings is 1. The Bertz CT molecular complexity index is 1080. The second-order valence-corrected chi connectivity index (χ2v) is 7.27. The number of amides is 1. The summed E-state index contributed by atoms with van der Waals surface area (Å²) in [6, 6.07) is 3.56. The van der Waals surface area contributed by atoms with Gasteiger partial charge in [-0.05, 0) is 36.6 Å². The molecule has 1 amide bonds. The van der Waals surface area contributed by atoms with Crippen molar-refractivity contribution >= 4 is 22.6 Å². The number of fused-ring (bicyclic) bond motifs is 2. The fraction of sp³-hybridized carbons (Fsp3) is 0.368. The highest BCUT2D eigenvalue weighted by atomic mass is 19.4. The average Bonchev–Trinajstić information content (AvgIpc) is 3.37. The maximum atomic E-state index is 13.2. The Morgan fingerprint density at radius 3 is 2.68 bits per heavy atom. The third kappa shape index (κ3) is 2.64. The Hall–Kier alpha value is -2.97. The maximum Gasteiger partial charge on any atom is 0.416 e. The summed E-state index contributed by atoms with van der Waals surface area (Å²) in [6.07, 6.45) is 2.97. The third-order valence-electron chi connectivity index (χ3n) is 5.55. The fourth-order valence-electron chi connectivity index (χ4n) is 4.17. The zero-order valence-corrected chi connectivity index (χ0v) is 14.7. The Morgan fingerprint density at radius 1 is 1.14 bits per heavy atom. The Morgan fingerprint density at radius 2 is 1.93 bits per heavy atom. The van der Waals surface area contributed by atoms with Gasteiger partial charge in [-0.25, -0.2) is 9.97 Å². The molecule has 0 bridgehead atoms. The molecule has 1 aliphatic carbocycles. The van der Waals surface area contributed by atoms with Crippen LogP contribution in [0.3, 0.4) is 0 Å². The first-order valence-corrected chi connectivity index (χ1v) is 9.13. The van der Waals surface area contributed by atoms with Gasteiger partial charge < -0.3 is 5.32 Å². The van der Waals surface area contributed by atoms with E-state index in [1.807, 2.05) is 10.9 Å². The lowest BCUT2D eigenvalue weighted by Crippen LogP contribution is -2.15. The van der Waals surface area contributed by atoms with Gasteiger partial charge in [0.2, 0.25) is 5.91 Å². The van der Waals surface area contributed by atoms with Gasteiger partial charge >= 0.3 is 6.18 Å². The zero-order chi connectivity index (χ0) is 19.5. The molecule has 1 atom stereocenters. The van der Waals surface area contributed by atoms with E-state index in [0.717, 1.165) is 37.8 Å². The van der Waals surface area contributed by atoms with Gasteiger partial charge in [0, 0.05) is 11.9 Å². The van der Waals surface area contributed by atoms with Crippen LogP contribution in [0.4, 0.5) is 18.9 Å². The molecule has 2 aromatic heterocycles. The minimum Gasteiger partial charge on any atom is -0.325 e. The number of alkyl halides is 3. The molecule has 3 aromatic rings. The molecule has 1 fully saturated rings. The predicted octanol–water partition coefficient (Wildman–Crippen LogP) is 4.04. The predicted molar refractivity (Wildman–Crippen MR) is 94.7 cm³/mol. The summed E-state index contributed by atoms with van der Waals surface area (Å²) < 4.78 is 41.4. The molecule has 5 rings (SSSR count). The van der Waals surface area contributed by atoms with Crippen molar-refractivity contribution in [1.29, 1.82) is 0 Å². The van der Waals surface area contributed by atoms with Gasteiger partial charge in [-0.15, -0.1) is 0 Å². The first-order valence-electron chi connectivity index (χ1n) is 9.13. The van der Waals surface area contributed by atoms with Crippen molar-refractivity contribution in [1.82, 2.24) is 19.7 Å². The highest BCUT2D eigenvalue weighted by Gasteiger charge is 2.38. The number of nitrogens with zero attached hydrogens (tertiary/aromatic N) is 4. The van der Waals surface area contributed by atoms with E-state index in [1.165, 1.54) is 12.4 Å². The van der Waals surface area contributed by atoms with Crippen LogP contribution in [0.25, 0.3) is 11.0 Å². The molecule has 1 N–H and O–H groups in total. The Balaban J connectivity index is 1.64. The largest absolute Gasteiger partial charge is 0.416 e. The monoisotopic (exact) mass is 387 g/mol. The summed E-state index contributed by atoms with van der Waals surface area (Å²) >= 11 is 0. The molecular formula is C19H16F3N5O. The standard InChI is InChI=1S/C19H16F3N5O/c20-19(21,22)10-5-6-14-12(7-10)15(18(28)25-14)16-13-8-27(11-3-1-2-4-11)26-17(13)24-9-23-16/h5-9,11,15H,1-4H2,(H,25,28). The van der Waals surface area contributed by atoms with Crippen LogP contribution < -0.4 is 5.32 Å². The average molecular weight is 387 g/mol. The van der Waals surface area contributed by atoms with E-state index in [2.05, 4.69) is 20.4 Å². The summed E-state index contributed by atoms with van der Waals surface area (Å²) in [5, 5.41) is 7.77. The zero-order valence-electron chi connectivity index (χ0n) is 14.7. The SMILES string of the molecule is O=C1Nc2ccc(C(F)(F)F)cc2C1c1ncnc2nn(C3CCCC3)cc12. The number of halogens is 3. The van der Waals surface area contributed by atoms with Gasteiger partial charge in [0.25, 0.3) is 0 Å². The van der Waals surface area contributed by atoms with Crippen molar-refractivity contribution in [3.8, 4) is 0 Å². The van der Waals surface area contributed by atoms with Crippen LogP contribution in [0.15, 0.2) is 30.7 Å².